The van der Waals surface area contributed by atoms with E-state index in [-0.39, 0.29) is 22.0 Å². The van der Waals surface area contributed by atoms with Crippen molar-refractivity contribution in [2.24, 2.45) is 0 Å². The fourth-order valence-electron chi connectivity index (χ4n) is 3.22. The number of ketones is 1. The lowest BCUT2D eigenvalue weighted by Crippen LogP contribution is -2.28. The molecule has 0 unspecified atom stereocenters. The Bertz CT molecular complexity index is 1390. The quantitative estimate of drug-likeness (QED) is 0.273. The van der Waals surface area contributed by atoms with Gasteiger partial charge in [0.05, 0.1) is 22.2 Å². The molecule has 0 radical (unpaired) electrons. The number of aromatic nitrogens is 4. The molecule has 0 spiro atoms. The van der Waals surface area contributed by atoms with Crippen molar-refractivity contribution in [2.75, 3.05) is 0 Å². The molecule has 0 fully saturated rings. The summed E-state index contributed by atoms with van der Waals surface area (Å²) >= 11 is 0. The van der Waals surface area contributed by atoms with Gasteiger partial charge in [-0.05, 0) is 6.07 Å². The van der Waals surface area contributed by atoms with Crippen LogP contribution in [0.4, 0.5) is 39.5 Å². The highest BCUT2D eigenvalue weighted by molar-refractivity contribution is 6.02. The number of nitrogens with zero attached hydrogens (tertiary/aromatic N) is 4. The number of alkyl halides is 9. The first-order valence-electron chi connectivity index (χ1n) is 8.73. The van der Waals surface area contributed by atoms with Crippen LogP contribution in [-0.2, 0) is 12.4 Å². The van der Waals surface area contributed by atoms with Crippen LogP contribution < -0.4 is 0 Å². The zero-order valence-electron chi connectivity index (χ0n) is 15.6. The molecule has 0 bridgehead atoms. The summed E-state index contributed by atoms with van der Waals surface area (Å²) in [6, 6.07) is 7.89. The van der Waals surface area contributed by atoms with Crippen molar-refractivity contribution < 1.29 is 44.3 Å². The van der Waals surface area contributed by atoms with E-state index < -0.39 is 57.8 Å². The van der Waals surface area contributed by atoms with E-state index in [2.05, 4.69) is 15.1 Å². The second kappa shape index (κ2) is 7.15. The minimum Gasteiger partial charge on any atom is -0.284 e. The molecule has 33 heavy (non-hydrogen) atoms. The molecule has 5 nitrogen and oxygen atoms in total. The Kier molecular flexibility index (Phi) is 4.87. The molecule has 0 aliphatic carbocycles. The van der Waals surface area contributed by atoms with Gasteiger partial charge in [0, 0.05) is 11.8 Å². The summed E-state index contributed by atoms with van der Waals surface area (Å²) < 4.78 is 121. The molecular formula is C19H7F9N4O. The number of hydrogen-bond acceptors (Lipinski definition) is 4. The van der Waals surface area contributed by atoms with Crippen LogP contribution in [-0.4, -0.2) is 31.5 Å². The van der Waals surface area contributed by atoms with Gasteiger partial charge in [0.1, 0.15) is 0 Å². The summed E-state index contributed by atoms with van der Waals surface area (Å²) in [5, 5.41) is 2.41. The van der Waals surface area contributed by atoms with Gasteiger partial charge < -0.3 is 0 Å². The zero-order valence-corrected chi connectivity index (χ0v) is 15.6. The molecule has 0 aliphatic rings. The molecule has 0 saturated carbocycles. The van der Waals surface area contributed by atoms with E-state index in [1.165, 1.54) is 24.3 Å². The van der Waals surface area contributed by atoms with Crippen LogP contribution in [0.5, 0.6) is 0 Å². The lowest BCUT2D eigenvalue weighted by Gasteiger charge is -2.14. The number of halogens is 9. The third kappa shape index (κ3) is 3.85. The second-order valence-electron chi connectivity index (χ2n) is 6.70. The molecule has 1 aromatic carbocycles. The highest BCUT2D eigenvalue weighted by Gasteiger charge is 2.47. The van der Waals surface area contributed by atoms with Crippen LogP contribution in [0, 0.1) is 0 Å². The normalized spacial score (nSPS) is 13.1. The van der Waals surface area contributed by atoms with Crippen molar-refractivity contribution in [2.45, 2.75) is 18.5 Å². The molecule has 14 heteroatoms. The summed E-state index contributed by atoms with van der Waals surface area (Å²) in [6.45, 7) is 0. The van der Waals surface area contributed by atoms with E-state index in [0.29, 0.717) is 6.07 Å². The van der Waals surface area contributed by atoms with Crippen molar-refractivity contribution in [1.29, 1.82) is 0 Å². The highest BCUT2D eigenvalue weighted by atomic mass is 19.4. The fraction of sp³-hybridized carbons (Fsp3) is 0.158. The molecule has 4 rings (SSSR count). The minimum absolute atomic E-state index is 0.0691. The number of fused-ring (bicyclic) bond motifs is 3. The molecule has 3 aromatic heterocycles. The van der Waals surface area contributed by atoms with Crippen molar-refractivity contribution in [1.82, 2.24) is 19.6 Å². The van der Waals surface area contributed by atoms with Gasteiger partial charge >= 0.3 is 18.5 Å². The predicted molar refractivity (Wildman–Crippen MR) is 94.1 cm³/mol. The van der Waals surface area contributed by atoms with Crippen LogP contribution in [0.1, 0.15) is 21.6 Å². The molecule has 0 amide bonds. The first-order valence-corrected chi connectivity index (χ1v) is 8.73. The first-order chi connectivity index (χ1) is 15.2. The number of carbonyl (C=O) groups is 1. The number of pyridine rings is 1. The lowest BCUT2D eigenvalue weighted by atomic mass is 10.1. The van der Waals surface area contributed by atoms with Gasteiger partial charge in [-0.25, -0.2) is 14.5 Å². The summed E-state index contributed by atoms with van der Waals surface area (Å²) in [6.07, 6.45) is -16.5. The summed E-state index contributed by atoms with van der Waals surface area (Å²) in [7, 11) is 0. The SMILES string of the molecule is O=C(c1cnc2c3c(C(F)(F)F)cc(-c4ccccc4)nc3nn2c1C(F)(F)F)C(F)(F)F. The standard InChI is InChI=1S/C19H7F9N4O/c20-17(21,22)10-6-11(8-4-2-1-3-5-8)30-15-12(10)16-29-7-9(14(33)19(26,27)28)13(18(23,24)25)32(16)31-15/h1-7H. The maximum absolute atomic E-state index is 13.8. The first kappa shape index (κ1) is 22.5. The van der Waals surface area contributed by atoms with Crippen LogP contribution in [0.2, 0.25) is 0 Å². The average Bonchev–Trinajstić information content (AvgIpc) is 3.08. The van der Waals surface area contributed by atoms with Gasteiger partial charge in [0.2, 0.25) is 0 Å². The van der Waals surface area contributed by atoms with E-state index in [0.717, 1.165) is 0 Å². The maximum atomic E-state index is 13.8. The monoisotopic (exact) mass is 478 g/mol. The largest absolute Gasteiger partial charge is 0.455 e. The summed E-state index contributed by atoms with van der Waals surface area (Å²) in [5.74, 6) is -2.88. The second-order valence-corrected chi connectivity index (χ2v) is 6.70. The van der Waals surface area contributed by atoms with E-state index in [1.807, 2.05) is 0 Å². The molecule has 0 saturated heterocycles. The molecular weight excluding hydrogens is 471 g/mol. The Balaban J connectivity index is 2.15. The summed E-state index contributed by atoms with van der Waals surface area (Å²) in [5.41, 5.74) is -7.60. The number of benzene rings is 1. The number of rotatable bonds is 2. The Morgan fingerprint density at radius 2 is 1.52 bits per heavy atom. The van der Waals surface area contributed by atoms with E-state index in [9.17, 15) is 44.3 Å². The van der Waals surface area contributed by atoms with Crippen molar-refractivity contribution >= 4 is 22.5 Å². The Morgan fingerprint density at radius 3 is 2.06 bits per heavy atom. The molecule has 0 aliphatic heterocycles. The van der Waals surface area contributed by atoms with Crippen molar-refractivity contribution in [3.63, 3.8) is 0 Å². The van der Waals surface area contributed by atoms with E-state index in [1.54, 1.807) is 6.07 Å². The van der Waals surface area contributed by atoms with Gasteiger partial charge in [0.15, 0.2) is 17.0 Å². The van der Waals surface area contributed by atoms with E-state index in [4.69, 9.17) is 0 Å². The number of Topliss-reactive ketones (excluding diaryl/α,β-unsaturated/α-hetero) is 1. The smallest absolute Gasteiger partial charge is 0.284 e. The predicted octanol–water partition coefficient (Wildman–Crippen LogP) is 5.73. The van der Waals surface area contributed by atoms with Gasteiger partial charge in [0.25, 0.3) is 5.78 Å². The lowest BCUT2D eigenvalue weighted by molar-refractivity contribution is -0.143. The Labute approximate surface area is 176 Å². The average molecular weight is 478 g/mol. The van der Waals surface area contributed by atoms with Gasteiger partial charge in [-0.1, -0.05) is 30.3 Å². The number of hydrogen-bond donors (Lipinski definition) is 0. The third-order valence-corrected chi connectivity index (χ3v) is 4.55. The van der Waals surface area contributed by atoms with Crippen LogP contribution in [0.25, 0.3) is 27.9 Å². The molecule has 0 atom stereocenters. The minimum atomic E-state index is -5.70. The molecule has 0 N–H and O–H groups in total. The van der Waals surface area contributed by atoms with Crippen LogP contribution in [0.15, 0.2) is 42.6 Å². The fourth-order valence-corrected chi connectivity index (χ4v) is 3.22. The van der Waals surface area contributed by atoms with Gasteiger partial charge in [-0.3, -0.25) is 4.79 Å². The van der Waals surface area contributed by atoms with Crippen molar-refractivity contribution in [3.05, 3.63) is 59.4 Å². The van der Waals surface area contributed by atoms with Crippen LogP contribution in [0.3, 0.4) is 0 Å². The molecule has 4 aromatic rings. The third-order valence-electron chi connectivity index (χ3n) is 4.55. The molecule has 172 valence electrons. The Morgan fingerprint density at radius 1 is 0.879 bits per heavy atom. The highest BCUT2D eigenvalue weighted by Crippen LogP contribution is 2.40. The maximum Gasteiger partial charge on any atom is 0.455 e. The molecule has 3 heterocycles. The van der Waals surface area contributed by atoms with Crippen molar-refractivity contribution in [3.8, 4) is 11.3 Å². The summed E-state index contributed by atoms with van der Waals surface area (Å²) in [4.78, 5) is 18.7. The Hall–Kier alpha value is -3.71. The topological polar surface area (TPSA) is 60.2 Å². The number of carbonyl (C=O) groups excluding carboxylic acids is 1. The zero-order chi connectivity index (χ0) is 24.3. The van der Waals surface area contributed by atoms with Crippen LogP contribution >= 0.6 is 0 Å². The van der Waals surface area contributed by atoms with Gasteiger partial charge in [-0.15, -0.1) is 5.10 Å². The van der Waals surface area contributed by atoms with E-state index >= 15 is 0 Å². The van der Waals surface area contributed by atoms with Gasteiger partial charge in [-0.2, -0.15) is 39.5 Å².